The van der Waals surface area contributed by atoms with Crippen LogP contribution in [0.2, 0.25) is 0 Å². The number of rotatable bonds is 10. The summed E-state index contributed by atoms with van der Waals surface area (Å²) < 4.78 is 5.68. The number of hydrogen-bond donors (Lipinski definition) is 2. The Morgan fingerprint density at radius 1 is 1.32 bits per heavy atom. The number of carboxylic acids is 1. The normalized spacial score (nSPS) is 11.7. The van der Waals surface area contributed by atoms with Crippen LogP contribution in [0.5, 0.6) is 0 Å². The summed E-state index contributed by atoms with van der Waals surface area (Å²) in [5, 5.41) is 11.6. The van der Waals surface area contributed by atoms with Crippen molar-refractivity contribution < 1.29 is 19.1 Å². The molecule has 0 aliphatic carbocycles. The van der Waals surface area contributed by atoms with Crippen LogP contribution in [0.25, 0.3) is 11.3 Å². The highest BCUT2D eigenvalue weighted by Crippen LogP contribution is 2.20. The van der Waals surface area contributed by atoms with E-state index in [0.717, 1.165) is 5.56 Å². The topological polar surface area (TPSA) is 92.4 Å². The molecule has 1 atom stereocenters. The minimum Gasteiger partial charge on any atom is -0.480 e. The molecule has 0 radical (unpaired) electrons. The summed E-state index contributed by atoms with van der Waals surface area (Å²) in [5.41, 5.74) is 0.950. The van der Waals surface area contributed by atoms with Crippen LogP contribution >= 0.6 is 0 Å². The molecule has 0 fully saturated rings. The van der Waals surface area contributed by atoms with Gasteiger partial charge < -0.3 is 14.8 Å². The molecular weight excluding hydrogens is 320 g/mol. The average Bonchev–Trinajstić information content (AvgIpc) is 3.08. The Bertz CT molecular complexity index is 709. The number of amides is 1. The van der Waals surface area contributed by atoms with Gasteiger partial charge >= 0.3 is 5.97 Å². The third-order valence-electron chi connectivity index (χ3n) is 3.70. The lowest BCUT2D eigenvalue weighted by Gasteiger charge is -2.13. The number of allylic oxidation sites excluding steroid dienone is 1. The van der Waals surface area contributed by atoms with Gasteiger partial charge in [0.1, 0.15) is 6.04 Å². The summed E-state index contributed by atoms with van der Waals surface area (Å²) in [7, 11) is 0. The maximum Gasteiger partial charge on any atom is 0.326 e. The fraction of sp³-hybridized carbons (Fsp3) is 0.316. The van der Waals surface area contributed by atoms with Crippen LogP contribution in [0.15, 0.2) is 53.6 Å². The van der Waals surface area contributed by atoms with Crippen molar-refractivity contribution in [3.05, 3.63) is 55.1 Å². The van der Waals surface area contributed by atoms with Crippen molar-refractivity contribution in [2.24, 2.45) is 0 Å². The molecular formula is C19H22N2O4. The van der Waals surface area contributed by atoms with Gasteiger partial charge in [-0.2, -0.15) is 0 Å². The summed E-state index contributed by atoms with van der Waals surface area (Å²) >= 11 is 0. The molecule has 132 valence electrons. The zero-order valence-electron chi connectivity index (χ0n) is 14.0. The minimum absolute atomic E-state index is 0.223. The number of aryl methyl sites for hydroxylation is 1. The average molecular weight is 342 g/mol. The van der Waals surface area contributed by atoms with Crippen molar-refractivity contribution >= 4 is 11.9 Å². The first kappa shape index (κ1) is 18.4. The SMILES string of the molecule is C=CCCC(NC(=O)CCCc1ncc(-c2ccccc2)o1)C(=O)O. The molecule has 0 saturated carbocycles. The number of carboxylic acid groups (broad SMARTS) is 1. The van der Waals surface area contributed by atoms with E-state index in [0.29, 0.717) is 37.3 Å². The summed E-state index contributed by atoms with van der Waals surface area (Å²) in [6.07, 6.45) is 5.45. The van der Waals surface area contributed by atoms with Gasteiger partial charge in [0.15, 0.2) is 11.7 Å². The second kappa shape index (κ2) is 9.42. The molecule has 6 heteroatoms. The number of hydrogen-bond acceptors (Lipinski definition) is 4. The van der Waals surface area contributed by atoms with Gasteiger partial charge in [-0.3, -0.25) is 4.79 Å². The lowest BCUT2D eigenvalue weighted by Crippen LogP contribution is -2.40. The van der Waals surface area contributed by atoms with Crippen molar-refractivity contribution in [2.45, 2.75) is 38.1 Å². The van der Waals surface area contributed by atoms with Crippen molar-refractivity contribution in [3.63, 3.8) is 0 Å². The smallest absolute Gasteiger partial charge is 0.326 e. The van der Waals surface area contributed by atoms with Crippen molar-refractivity contribution in [2.75, 3.05) is 0 Å². The van der Waals surface area contributed by atoms with Gasteiger partial charge in [0, 0.05) is 18.4 Å². The van der Waals surface area contributed by atoms with E-state index in [1.54, 1.807) is 12.3 Å². The van der Waals surface area contributed by atoms with Crippen LogP contribution in [0, 0.1) is 0 Å². The standard InChI is InChI=1S/C19H22N2O4/c1-2-3-10-15(19(23)24)21-17(22)11-7-12-18-20-13-16(25-18)14-8-5-4-6-9-14/h2,4-6,8-9,13,15H,1,3,7,10-12H2,(H,21,22)(H,23,24). The molecule has 25 heavy (non-hydrogen) atoms. The molecule has 6 nitrogen and oxygen atoms in total. The first-order valence-electron chi connectivity index (χ1n) is 8.23. The highest BCUT2D eigenvalue weighted by atomic mass is 16.4. The molecule has 0 bridgehead atoms. The van der Waals surface area contributed by atoms with E-state index in [2.05, 4.69) is 16.9 Å². The molecule has 1 unspecified atom stereocenters. The number of nitrogens with zero attached hydrogens (tertiary/aromatic N) is 1. The molecule has 2 rings (SSSR count). The maximum atomic E-state index is 11.9. The van der Waals surface area contributed by atoms with E-state index in [1.807, 2.05) is 30.3 Å². The Hall–Kier alpha value is -2.89. The third-order valence-corrected chi connectivity index (χ3v) is 3.70. The number of carbonyl (C=O) groups excluding carboxylic acids is 1. The van der Waals surface area contributed by atoms with E-state index in [9.17, 15) is 9.59 Å². The minimum atomic E-state index is -1.03. The van der Waals surface area contributed by atoms with Crippen molar-refractivity contribution in [3.8, 4) is 11.3 Å². The lowest BCUT2D eigenvalue weighted by molar-refractivity contribution is -0.142. The van der Waals surface area contributed by atoms with Gasteiger partial charge in [0.2, 0.25) is 5.91 Å². The summed E-state index contributed by atoms with van der Waals surface area (Å²) in [4.78, 5) is 27.2. The zero-order chi connectivity index (χ0) is 18.1. The highest BCUT2D eigenvalue weighted by molar-refractivity contribution is 5.83. The maximum absolute atomic E-state index is 11.9. The molecule has 0 spiro atoms. The molecule has 0 saturated heterocycles. The Morgan fingerprint density at radius 2 is 2.08 bits per heavy atom. The first-order chi connectivity index (χ1) is 12.1. The molecule has 0 aliphatic rings. The van der Waals surface area contributed by atoms with Gasteiger partial charge in [-0.05, 0) is 19.3 Å². The van der Waals surface area contributed by atoms with Crippen LogP contribution in [0.1, 0.15) is 31.6 Å². The third kappa shape index (κ3) is 5.91. The second-order valence-electron chi connectivity index (χ2n) is 5.66. The van der Waals surface area contributed by atoms with Crippen molar-refractivity contribution in [1.29, 1.82) is 0 Å². The van der Waals surface area contributed by atoms with E-state index in [-0.39, 0.29) is 12.3 Å². The number of oxazole rings is 1. The number of benzene rings is 1. The molecule has 1 aromatic carbocycles. The zero-order valence-corrected chi connectivity index (χ0v) is 14.0. The Labute approximate surface area is 146 Å². The predicted molar refractivity (Wildman–Crippen MR) is 93.9 cm³/mol. The van der Waals surface area contributed by atoms with E-state index >= 15 is 0 Å². The van der Waals surface area contributed by atoms with Crippen LogP contribution in [-0.4, -0.2) is 28.0 Å². The van der Waals surface area contributed by atoms with E-state index in [4.69, 9.17) is 9.52 Å². The molecule has 1 amide bonds. The first-order valence-corrected chi connectivity index (χ1v) is 8.23. The summed E-state index contributed by atoms with van der Waals surface area (Å²) in [6, 6.07) is 8.77. The molecule has 1 aromatic heterocycles. The van der Waals surface area contributed by atoms with E-state index in [1.165, 1.54) is 0 Å². The highest BCUT2D eigenvalue weighted by Gasteiger charge is 2.18. The lowest BCUT2D eigenvalue weighted by atomic mass is 10.1. The monoisotopic (exact) mass is 342 g/mol. The van der Waals surface area contributed by atoms with Gasteiger partial charge in [0.25, 0.3) is 0 Å². The number of aromatic nitrogens is 1. The molecule has 1 heterocycles. The fourth-order valence-electron chi connectivity index (χ4n) is 2.37. The van der Waals surface area contributed by atoms with Crippen molar-refractivity contribution in [1.82, 2.24) is 10.3 Å². The van der Waals surface area contributed by atoms with Crippen LogP contribution < -0.4 is 5.32 Å². The molecule has 2 aromatic rings. The van der Waals surface area contributed by atoms with E-state index < -0.39 is 12.0 Å². The van der Waals surface area contributed by atoms with Crippen LogP contribution in [-0.2, 0) is 16.0 Å². The van der Waals surface area contributed by atoms with Gasteiger partial charge in [-0.25, -0.2) is 9.78 Å². The number of nitrogens with one attached hydrogen (secondary N) is 1. The molecule has 0 aliphatic heterocycles. The summed E-state index contributed by atoms with van der Waals surface area (Å²) in [6.45, 7) is 3.56. The Kier molecular flexibility index (Phi) is 6.95. The van der Waals surface area contributed by atoms with Gasteiger partial charge in [-0.15, -0.1) is 6.58 Å². The Morgan fingerprint density at radius 3 is 2.76 bits per heavy atom. The fourth-order valence-corrected chi connectivity index (χ4v) is 2.37. The largest absolute Gasteiger partial charge is 0.480 e. The number of carbonyl (C=O) groups is 2. The van der Waals surface area contributed by atoms with Gasteiger partial charge in [0.05, 0.1) is 6.20 Å². The van der Waals surface area contributed by atoms with Crippen LogP contribution in [0.3, 0.4) is 0 Å². The molecule has 2 N–H and O–H groups in total. The predicted octanol–water partition coefficient (Wildman–Crippen LogP) is 3.20. The van der Waals surface area contributed by atoms with Crippen LogP contribution in [0.4, 0.5) is 0 Å². The summed E-state index contributed by atoms with van der Waals surface area (Å²) in [5.74, 6) is -0.0646. The number of aliphatic carboxylic acids is 1. The van der Waals surface area contributed by atoms with Gasteiger partial charge in [-0.1, -0.05) is 36.4 Å². The Balaban J connectivity index is 1.78. The second-order valence-corrected chi connectivity index (χ2v) is 5.66. The quantitative estimate of drug-likeness (QED) is 0.647.